The van der Waals surface area contributed by atoms with Gasteiger partial charge in [-0.1, -0.05) is 37.3 Å². The van der Waals surface area contributed by atoms with E-state index in [1.165, 1.54) is 18.4 Å². The molecule has 0 bridgehead atoms. The summed E-state index contributed by atoms with van der Waals surface area (Å²) in [5.41, 5.74) is 2.88. The number of para-hydroxylation sites is 1. The number of hydrogen-bond donors (Lipinski definition) is 1. The number of piperidine rings is 1. The summed E-state index contributed by atoms with van der Waals surface area (Å²) in [6.07, 6.45) is 2.55. The summed E-state index contributed by atoms with van der Waals surface area (Å²) in [4.78, 5) is 22.4. The first-order chi connectivity index (χ1) is 12.2. The van der Waals surface area contributed by atoms with Crippen molar-refractivity contribution in [2.24, 2.45) is 5.92 Å². The lowest BCUT2D eigenvalue weighted by molar-refractivity contribution is 0.185. The van der Waals surface area contributed by atoms with Gasteiger partial charge in [-0.3, -0.25) is 9.69 Å². The Morgan fingerprint density at radius 1 is 1.12 bits per heavy atom. The highest BCUT2D eigenvalue weighted by Crippen LogP contribution is 2.21. The van der Waals surface area contributed by atoms with Crippen molar-refractivity contribution < 1.29 is 0 Å². The van der Waals surface area contributed by atoms with Gasteiger partial charge in [0.2, 0.25) is 0 Å². The zero-order valence-corrected chi connectivity index (χ0v) is 14.5. The van der Waals surface area contributed by atoms with E-state index in [2.05, 4.69) is 33.9 Å². The predicted molar refractivity (Wildman–Crippen MR) is 101 cm³/mol. The van der Waals surface area contributed by atoms with Crippen molar-refractivity contribution >= 4 is 10.9 Å². The molecule has 2 aromatic carbocycles. The van der Waals surface area contributed by atoms with Crippen LogP contribution < -0.4 is 5.56 Å². The third-order valence-electron chi connectivity index (χ3n) is 5.10. The molecule has 0 amide bonds. The van der Waals surface area contributed by atoms with Gasteiger partial charge in [0, 0.05) is 12.1 Å². The number of benzene rings is 2. The maximum Gasteiger partial charge on any atom is 0.259 e. The monoisotopic (exact) mass is 333 g/mol. The van der Waals surface area contributed by atoms with E-state index in [1.54, 1.807) is 6.07 Å². The van der Waals surface area contributed by atoms with Gasteiger partial charge in [0.1, 0.15) is 5.82 Å². The van der Waals surface area contributed by atoms with Crippen LogP contribution in [0.5, 0.6) is 0 Å². The Kier molecular flexibility index (Phi) is 4.36. The molecule has 0 unspecified atom stereocenters. The molecule has 2 heterocycles. The Balaban J connectivity index is 1.62. The van der Waals surface area contributed by atoms with Crippen molar-refractivity contribution in [1.82, 2.24) is 14.9 Å². The SMILES string of the molecule is CC1CCN(Cc2cccc(-c3nc4ccccc4c(=O)[nH]3)c2)CC1. The summed E-state index contributed by atoms with van der Waals surface area (Å²) in [6, 6.07) is 15.8. The average molecular weight is 333 g/mol. The zero-order chi connectivity index (χ0) is 17.2. The first kappa shape index (κ1) is 16.0. The van der Waals surface area contributed by atoms with Crippen molar-refractivity contribution in [2.75, 3.05) is 13.1 Å². The number of nitrogens with zero attached hydrogens (tertiary/aromatic N) is 2. The lowest BCUT2D eigenvalue weighted by Gasteiger charge is -2.30. The van der Waals surface area contributed by atoms with Gasteiger partial charge in [-0.05, 0) is 55.6 Å². The highest BCUT2D eigenvalue weighted by molar-refractivity contribution is 5.79. The van der Waals surface area contributed by atoms with Gasteiger partial charge in [-0.2, -0.15) is 0 Å². The van der Waals surface area contributed by atoms with Gasteiger partial charge < -0.3 is 4.98 Å². The molecule has 1 N–H and O–H groups in total. The molecule has 1 aliphatic rings. The molecule has 4 rings (SSSR count). The van der Waals surface area contributed by atoms with Crippen LogP contribution in [0.4, 0.5) is 0 Å². The fourth-order valence-electron chi connectivity index (χ4n) is 3.52. The molecule has 3 aromatic rings. The molecular formula is C21H23N3O. The fraction of sp³-hybridized carbons (Fsp3) is 0.333. The lowest BCUT2D eigenvalue weighted by atomic mass is 9.98. The minimum absolute atomic E-state index is 0.0870. The average Bonchev–Trinajstić information content (AvgIpc) is 2.64. The van der Waals surface area contributed by atoms with Crippen LogP contribution in [-0.4, -0.2) is 28.0 Å². The topological polar surface area (TPSA) is 49.0 Å². The molecule has 0 saturated carbocycles. The zero-order valence-electron chi connectivity index (χ0n) is 14.5. The Hall–Kier alpha value is -2.46. The standard InChI is InChI=1S/C21H23N3O/c1-15-9-11-24(12-10-15)14-16-5-4-6-17(13-16)20-22-19-8-3-2-7-18(19)21(25)23-20/h2-8,13,15H,9-12,14H2,1H3,(H,22,23,25). The van der Waals surface area contributed by atoms with Crippen LogP contribution in [0.3, 0.4) is 0 Å². The van der Waals surface area contributed by atoms with Gasteiger partial charge in [0.15, 0.2) is 0 Å². The molecule has 4 heteroatoms. The summed E-state index contributed by atoms with van der Waals surface area (Å²) < 4.78 is 0. The van der Waals surface area contributed by atoms with E-state index < -0.39 is 0 Å². The highest BCUT2D eigenvalue weighted by Gasteiger charge is 2.16. The summed E-state index contributed by atoms with van der Waals surface area (Å²) in [6.45, 7) is 5.62. The molecule has 1 aliphatic heterocycles. The minimum atomic E-state index is -0.0870. The van der Waals surface area contributed by atoms with Crippen LogP contribution in [0, 0.1) is 5.92 Å². The van der Waals surface area contributed by atoms with Crippen LogP contribution in [-0.2, 0) is 6.54 Å². The van der Waals surface area contributed by atoms with E-state index in [0.717, 1.165) is 36.6 Å². The Morgan fingerprint density at radius 2 is 1.92 bits per heavy atom. The molecule has 0 atom stereocenters. The second-order valence-electron chi connectivity index (χ2n) is 7.09. The number of hydrogen-bond acceptors (Lipinski definition) is 3. The molecule has 4 nitrogen and oxygen atoms in total. The number of fused-ring (bicyclic) bond motifs is 1. The molecule has 25 heavy (non-hydrogen) atoms. The smallest absolute Gasteiger partial charge is 0.259 e. The van der Waals surface area contributed by atoms with E-state index in [4.69, 9.17) is 0 Å². The lowest BCUT2D eigenvalue weighted by Crippen LogP contribution is -2.32. The number of rotatable bonds is 3. The van der Waals surface area contributed by atoms with E-state index in [-0.39, 0.29) is 5.56 Å². The molecule has 0 radical (unpaired) electrons. The second-order valence-corrected chi connectivity index (χ2v) is 7.09. The Bertz CT molecular complexity index is 939. The van der Waals surface area contributed by atoms with Crippen LogP contribution in [0.2, 0.25) is 0 Å². The summed E-state index contributed by atoms with van der Waals surface area (Å²) >= 11 is 0. The van der Waals surface area contributed by atoms with Gasteiger partial charge in [-0.15, -0.1) is 0 Å². The van der Waals surface area contributed by atoms with E-state index in [1.807, 2.05) is 30.3 Å². The summed E-state index contributed by atoms with van der Waals surface area (Å²) in [5.74, 6) is 1.48. The number of aromatic amines is 1. The van der Waals surface area contributed by atoms with E-state index in [0.29, 0.717) is 11.2 Å². The second kappa shape index (κ2) is 6.81. The van der Waals surface area contributed by atoms with Crippen molar-refractivity contribution in [2.45, 2.75) is 26.3 Å². The quantitative estimate of drug-likeness (QED) is 0.792. The van der Waals surface area contributed by atoms with Gasteiger partial charge in [0.25, 0.3) is 5.56 Å². The van der Waals surface area contributed by atoms with Crippen LogP contribution >= 0.6 is 0 Å². The first-order valence-electron chi connectivity index (χ1n) is 9.00. The Morgan fingerprint density at radius 3 is 2.76 bits per heavy atom. The number of H-pyrrole nitrogens is 1. The normalized spacial score (nSPS) is 16.4. The number of likely N-dealkylation sites (tertiary alicyclic amines) is 1. The number of aromatic nitrogens is 2. The maximum absolute atomic E-state index is 12.3. The van der Waals surface area contributed by atoms with Crippen molar-refractivity contribution in [3.05, 3.63) is 64.4 Å². The molecule has 0 aliphatic carbocycles. The molecular weight excluding hydrogens is 310 g/mol. The van der Waals surface area contributed by atoms with Crippen LogP contribution in [0.25, 0.3) is 22.3 Å². The molecule has 1 saturated heterocycles. The van der Waals surface area contributed by atoms with Gasteiger partial charge in [0.05, 0.1) is 10.9 Å². The van der Waals surface area contributed by atoms with E-state index >= 15 is 0 Å². The van der Waals surface area contributed by atoms with E-state index in [9.17, 15) is 4.79 Å². The third-order valence-corrected chi connectivity index (χ3v) is 5.10. The third kappa shape index (κ3) is 3.49. The first-order valence-corrected chi connectivity index (χ1v) is 9.00. The molecule has 128 valence electrons. The summed E-state index contributed by atoms with van der Waals surface area (Å²) in [5, 5.41) is 0.629. The highest BCUT2D eigenvalue weighted by atomic mass is 16.1. The minimum Gasteiger partial charge on any atom is -0.306 e. The largest absolute Gasteiger partial charge is 0.306 e. The fourth-order valence-corrected chi connectivity index (χ4v) is 3.52. The van der Waals surface area contributed by atoms with Crippen molar-refractivity contribution in [1.29, 1.82) is 0 Å². The molecule has 1 fully saturated rings. The Labute approximate surface area is 147 Å². The molecule has 0 spiro atoms. The predicted octanol–water partition coefficient (Wildman–Crippen LogP) is 3.82. The van der Waals surface area contributed by atoms with Crippen molar-refractivity contribution in [3.63, 3.8) is 0 Å². The van der Waals surface area contributed by atoms with Crippen LogP contribution in [0.15, 0.2) is 53.3 Å². The number of nitrogens with one attached hydrogen (secondary N) is 1. The maximum atomic E-state index is 12.3. The van der Waals surface area contributed by atoms with Gasteiger partial charge >= 0.3 is 0 Å². The summed E-state index contributed by atoms with van der Waals surface area (Å²) in [7, 11) is 0. The van der Waals surface area contributed by atoms with Crippen LogP contribution in [0.1, 0.15) is 25.3 Å². The van der Waals surface area contributed by atoms with Crippen molar-refractivity contribution in [3.8, 4) is 11.4 Å². The van der Waals surface area contributed by atoms with Gasteiger partial charge in [-0.25, -0.2) is 4.98 Å². The molecule has 1 aromatic heterocycles.